The highest BCUT2D eigenvalue weighted by Gasteiger charge is 2.32. The number of hydrogen-bond acceptors (Lipinski definition) is 6. The largest absolute Gasteiger partial charge is 0.573 e. The van der Waals surface area contributed by atoms with Crippen molar-refractivity contribution in [1.82, 2.24) is 19.9 Å². The first-order chi connectivity index (χ1) is 18.1. The minimum absolute atomic E-state index is 0.000355. The number of aliphatic hydroxyl groups is 1. The number of aromatic amines is 1. The zero-order chi connectivity index (χ0) is 27.3. The van der Waals surface area contributed by atoms with Crippen LogP contribution in [0.25, 0.3) is 11.1 Å². The third kappa shape index (κ3) is 6.53. The molecule has 2 aromatic heterocycles. The third-order valence-electron chi connectivity index (χ3n) is 5.50. The lowest BCUT2D eigenvalue weighted by Gasteiger charge is -2.15. The van der Waals surface area contributed by atoms with Crippen molar-refractivity contribution in [3.63, 3.8) is 0 Å². The molecule has 2 heterocycles. The number of hydrogen-bond donors (Lipinski definition) is 3. The van der Waals surface area contributed by atoms with Gasteiger partial charge in [0.1, 0.15) is 11.4 Å². The Labute approximate surface area is 213 Å². The number of benzene rings is 2. The summed E-state index contributed by atoms with van der Waals surface area (Å²) in [6.45, 7) is -0.671. The van der Waals surface area contributed by atoms with E-state index in [4.69, 9.17) is 5.11 Å². The highest BCUT2D eigenvalue weighted by molar-refractivity contribution is 5.92. The summed E-state index contributed by atoms with van der Waals surface area (Å²) in [5, 5.41) is 11.5. The zero-order valence-corrected chi connectivity index (χ0v) is 19.7. The number of alkyl halides is 3. The van der Waals surface area contributed by atoms with E-state index in [1.165, 1.54) is 24.4 Å². The Morgan fingerprint density at radius 2 is 1.76 bits per heavy atom. The molecule has 0 radical (unpaired) electrons. The molecule has 3 N–H and O–H groups in total. The number of carbonyl (C=O) groups is 1. The molecule has 0 atom stereocenters. The van der Waals surface area contributed by atoms with Crippen molar-refractivity contribution in [2.24, 2.45) is 0 Å². The van der Waals surface area contributed by atoms with Gasteiger partial charge in [0.15, 0.2) is 0 Å². The van der Waals surface area contributed by atoms with Crippen LogP contribution in [0.5, 0.6) is 5.75 Å². The summed E-state index contributed by atoms with van der Waals surface area (Å²) in [7, 11) is 0. The molecule has 0 aliphatic heterocycles. The van der Waals surface area contributed by atoms with Gasteiger partial charge in [-0.25, -0.2) is 4.79 Å². The van der Waals surface area contributed by atoms with Crippen LogP contribution in [-0.4, -0.2) is 31.9 Å². The molecule has 2 aromatic carbocycles. The summed E-state index contributed by atoms with van der Waals surface area (Å²) >= 11 is 0. The number of halogens is 3. The molecule has 0 saturated heterocycles. The normalized spacial score (nSPS) is 11.3. The fourth-order valence-electron chi connectivity index (χ4n) is 3.62. The molecular weight excluding hydrogens is 505 g/mol. The monoisotopic (exact) mass is 526 g/mol. The van der Waals surface area contributed by atoms with E-state index in [9.17, 15) is 27.6 Å². The maximum Gasteiger partial charge on any atom is 0.573 e. The van der Waals surface area contributed by atoms with Gasteiger partial charge in [-0.3, -0.25) is 19.1 Å². The van der Waals surface area contributed by atoms with Gasteiger partial charge in [-0.05, 0) is 23.3 Å². The predicted molar refractivity (Wildman–Crippen MR) is 130 cm³/mol. The Morgan fingerprint density at radius 3 is 2.39 bits per heavy atom. The molecule has 4 aromatic rings. The Hall–Kier alpha value is -4.71. The van der Waals surface area contributed by atoms with E-state index in [0.717, 1.165) is 16.7 Å². The third-order valence-corrected chi connectivity index (χ3v) is 5.50. The number of H-pyrrole nitrogens is 1. The average Bonchev–Trinajstić information content (AvgIpc) is 2.89. The summed E-state index contributed by atoms with van der Waals surface area (Å²) < 4.78 is 44.3. The SMILES string of the molecule is O=C(NCc1ccc(-c2ccc(CO)nc2)cc1OC(F)(F)F)c1cc(=O)n(Cc2ccccc2)c(=O)[nH]1. The Morgan fingerprint density at radius 1 is 1.03 bits per heavy atom. The predicted octanol–water partition coefficient (Wildman–Crippen LogP) is 2.97. The van der Waals surface area contributed by atoms with E-state index in [1.54, 1.807) is 36.4 Å². The zero-order valence-electron chi connectivity index (χ0n) is 19.7. The van der Waals surface area contributed by atoms with Crippen molar-refractivity contribution < 1.29 is 27.8 Å². The van der Waals surface area contributed by atoms with Crippen LogP contribution in [0.15, 0.2) is 82.5 Å². The van der Waals surface area contributed by atoms with Crippen LogP contribution in [0.2, 0.25) is 0 Å². The first-order valence-electron chi connectivity index (χ1n) is 11.2. The molecule has 0 spiro atoms. The van der Waals surface area contributed by atoms with Gasteiger partial charge in [-0.15, -0.1) is 13.2 Å². The van der Waals surface area contributed by atoms with E-state index >= 15 is 0 Å². The molecule has 0 bridgehead atoms. The highest BCUT2D eigenvalue weighted by atomic mass is 19.4. The minimum Gasteiger partial charge on any atom is -0.405 e. The molecular formula is C26H21F3N4O5. The lowest BCUT2D eigenvalue weighted by atomic mass is 10.0. The van der Waals surface area contributed by atoms with Crippen LogP contribution in [0.1, 0.15) is 27.3 Å². The number of amides is 1. The fourth-order valence-corrected chi connectivity index (χ4v) is 3.62. The average molecular weight is 526 g/mol. The topological polar surface area (TPSA) is 126 Å². The molecule has 38 heavy (non-hydrogen) atoms. The highest BCUT2D eigenvalue weighted by Crippen LogP contribution is 2.31. The van der Waals surface area contributed by atoms with Crippen molar-refractivity contribution >= 4 is 5.91 Å². The van der Waals surface area contributed by atoms with Crippen LogP contribution in [0.4, 0.5) is 13.2 Å². The standard InChI is InChI=1S/C26H21F3N4O5/c27-26(28,29)38-22-10-17(18-8-9-20(15-34)30-12-18)6-7-19(22)13-31-24(36)21-11-23(35)33(25(37)32-21)14-16-4-2-1-3-5-16/h1-12,34H,13-15H2,(H,31,36)(H,32,37). The molecule has 196 valence electrons. The van der Waals surface area contributed by atoms with E-state index in [-0.39, 0.29) is 31.0 Å². The number of ether oxygens (including phenoxy) is 1. The first-order valence-corrected chi connectivity index (χ1v) is 11.2. The molecule has 0 aliphatic carbocycles. The van der Waals surface area contributed by atoms with Gasteiger partial charge in [0.05, 0.1) is 18.8 Å². The van der Waals surface area contributed by atoms with Crippen molar-refractivity contribution in [2.75, 3.05) is 0 Å². The van der Waals surface area contributed by atoms with Gasteiger partial charge in [0, 0.05) is 29.9 Å². The lowest BCUT2D eigenvalue weighted by Crippen LogP contribution is -2.38. The lowest BCUT2D eigenvalue weighted by molar-refractivity contribution is -0.274. The number of nitrogens with zero attached hydrogens (tertiary/aromatic N) is 2. The number of aliphatic hydroxyl groups excluding tert-OH is 1. The van der Waals surface area contributed by atoms with Crippen molar-refractivity contribution in [3.05, 3.63) is 116 Å². The molecule has 1 amide bonds. The van der Waals surface area contributed by atoms with Crippen molar-refractivity contribution in [1.29, 1.82) is 0 Å². The van der Waals surface area contributed by atoms with Crippen LogP contribution in [-0.2, 0) is 19.7 Å². The number of aromatic nitrogens is 3. The smallest absolute Gasteiger partial charge is 0.405 e. The summed E-state index contributed by atoms with van der Waals surface area (Å²) in [6, 6.07) is 16.8. The molecule has 0 saturated carbocycles. The van der Waals surface area contributed by atoms with Crippen LogP contribution >= 0.6 is 0 Å². The molecule has 0 unspecified atom stereocenters. The van der Waals surface area contributed by atoms with Gasteiger partial charge in [0.2, 0.25) is 0 Å². The molecule has 0 fully saturated rings. The van der Waals surface area contributed by atoms with Crippen LogP contribution in [0.3, 0.4) is 0 Å². The van der Waals surface area contributed by atoms with Gasteiger partial charge in [-0.2, -0.15) is 0 Å². The molecule has 12 heteroatoms. The number of rotatable bonds is 8. The van der Waals surface area contributed by atoms with E-state index in [1.807, 2.05) is 0 Å². The second-order valence-electron chi connectivity index (χ2n) is 8.15. The Bertz CT molecular complexity index is 1520. The fraction of sp³-hybridized carbons (Fsp3) is 0.154. The van der Waals surface area contributed by atoms with Gasteiger partial charge in [0.25, 0.3) is 11.5 Å². The summed E-state index contributed by atoms with van der Waals surface area (Å²) in [4.78, 5) is 43.8. The first kappa shape index (κ1) is 26.4. The van der Waals surface area contributed by atoms with E-state index in [0.29, 0.717) is 22.4 Å². The number of pyridine rings is 1. The van der Waals surface area contributed by atoms with Crippen LogP contribution < -0.4 is 21.3 Å². The summed E-state index contributed by atoms with van der Waals surface area (Å²) in [5.74, 6) is -1.41. The quantitative estimate of drug-likeness (QED) is 0.324. The Kier molecular flexibility index (Phi) is 7.72. The van der Waals surface area contributed by atoms with Gasteiger partial charge >= 0.3 is 12.1 Å². The number of nitrogens with one attached hydrogen (secondary N) is 2. The molecule has 0 aliphatic rings. The minimum atomic E-state index is -5.00. The summed E-state index contributed by atoms with van der Waals surface area (Å²) in [5.41, 5.74) is 0.0880. The summed E-state index contributed by atoms with van der Waals surface area (Å²) in [6.07, 6.45) is -3.60. The maximum absolute atomic E-state index is 13.1. The second-order valence-corrected chi connectivity index (χ2v) is 8.15. The number of carbonyl (C=O) groups excluding carboxylic acids is 1. The van der Waals surface area contributed by atoms with E-state index in [2.05, 4.69) is 20.0 Å². The van der Waals surface area contributed by atoms with Crippen LogP contribution in [0, 0.1) is 0 Å². The molecule has 9 nitrogen and oxygen atoms in total. The van der Waals surface area contributed by atoms with Crippen molar-refractivity contribution in [3.8, 4) is 16.9 Å². The van der Waals surface area contributed by atoms with Gasteiger partial charge in [-0.1, -0.05) is 48.5 Å². The van der Waals surface area contributed by atoms with Crippen molar-refractivity contribution in [2.45, 2.75) is 26.1 Å². The molecule has 4 rings (SSSR count). The Balaban J connectivity index is 1.53. The van der Waals surface area contributed by atoms with E-state index < -0.39 is 29.3 Å². The van der Waals surface area contributed by atoms with Gasteiger partial charge < -0.3 is 20.1 Å². The second kappa shape index (κ2) is 11.1. The maximum atomic E-state index is 13.1.